The first-order valence-corrected chi connectivity index (χ1v) is 12.3. The van der Waals surface area contributed by atoms with Crippen molar-refractivity contribution in [2.24, 2.45) is 17.8 Å². The molecule has 1 fully saturated rings. The number of anilines is 2. The molecule has 0 amide bonds. The molecule has 0 radical (unpaired) electrons. The zero-order chi connectivity index (χ0) is 21.0. The van der Waals surface area contributed by atoms with Gasteiger partial charge in [0.2, 0.25) is 0 Å². The number of hydrogen-bond acceptors (Lipinski definition) is 3. The molecule has 29 heavy (non-hydrogen) atoms. The van der Waals surface area contributed by atoms with E-state index in [4.69, 9.17) is 4.52 Å². The van der Waals surface area contributed by atoms with Gasteiger partial charge in [-0.1, -0.05) is 45.4 Å². The van der Waals surface area contributed by atoms with Gasteiger partial charge in [-0.25, -0.2) is 0 Å². The molecule has 1 aliphatic rings. The monoisotopic (exact) mass is 414 g/mol. The molecule has 0 bridgehead atoms. The highest BCUT2D eigenvalue weighted by Crippen LogP contribution is 2.51. The molecule has 1 N–H and O–H groups in total. The number of nitrogens with one attached hydrogen (secondary N) is 1. The van der Waals surface area contributed by atoms with E-state index in [-0.39, 0.29) is 6.10 Å². The molecule has 0 unspecified atom stereocenters. The highest BCUT2D eigenvalue weighted by atomic mass is 31.2. The minimum absolute atomic E-state index is 0.00154. The van der Waals surface area contributed by atoms with Crippen molar-refractivity contribution in [3.63, 3.8) is 0 Å². The van der Waals surface area contributed by atoms with Crippen LogP contribution >= 0.6 is 7.52 Å². The van der Waals surface area contributed by atoms with Gasteiger partial charge in [-0.2, -0.15) is 0 Å². The first kappa shape index (κ1) is 21.9. The van der Waals surface area contributed by atoms with Crippen LogP contribution in [0.15, 0.2) is 54.6 Å². The van der Waals surface area contributed by atoms with Gasteiger partial charge in [0.1, 0.15) is 0 Å². The molecule has 0 spiro atoms. The Morgan fingerprint density at radius 2 is 1.69 bits per heavy atom. The molecule has 3 rings (SSSR count). The summed E-state index contributed by atoms with van der Waals surface area (Å²) < 4.78 is 20.7. The van der Waals surface area contributed by atoms with E-state index in [2.05, 4.69) is 25.9 Å². The lowest BCUT2D eigenvalue weighted by molar-refractivity contribution is 0.0506. The summed E-state index contributed by atoms with van der Waals surface area (Å²) in [7, 11) is 0.753. The van der Waals surface area contributed by atoms with E-state index in [1.165, 1.54) is 6.42 Å². The van der Waals surface area contributed by atoms with Crippen molar-refractivity contribution in [2.45, 2.75) is 46.1 Å². The Morgan fingerprint density at radius 1 is 1.03 bits per heavy atom. The van der Waals surface area contributed by atoms with Crippen molar-refractivity contribution in [1.29, 1.82) is 0 Å². The molecule has 2 aromatic carbocycles. The molecule has 1 saturated carbocycles. The lowest BCUT2D eigenvalue weighted by atomic mass is 9.75. The third-order valence-corrected chi connectivity index (χ3v) is 8.10. The van der Waals surface area contributed by atoms with E-state index in [1.807, 2.05) is 73.6 Å². The Morgan fingerprint density at radius 3 is 2.28 bits per heavy atom. The Balaban J connectivity index is 1.90. The third-order valence-electron chi connectivity index (χ3n) is 6.00. The Labute approximate surface area is 176 Å². The molecule has 5 heteroatoms. The summed E-state index contributed by atoms with van der Waals surface area (Å²) in [6.45, 7) is 6.77. The quantitative estimate of drug-likeness (QED) is 0.551. The fourth-order valence-electron chi connectivity index (χ4n) is 4.21. The van der Waals surface area contributed by atoms with Crippen LogP contribution in [-0.2, 0) is 9.09 Å². The maximum Gasteiger partial charge on any atom is 0.324 e. The third kappa shape index (κ3) is 5.43. The summed E-state index contributed by atoms with van der Waals surface area (Å²) in [6, 6.07) is 17.6. The topological polar surface area (TPSA) is 41.6 Å². The van der Waals surface area contributed by atoms with Crippen molar-refractivity contribution in [1.82, 2.24) is 0 Å². The first-order valence-electron chi connectivity index (χ1n) is 10.7. The second kappa shape index (κ2) is 9.36. The Bertz CT molecular complexity index is 821. The molecular weight excluding hydrogens is 379 g/mol. The molecule has 0 aromatic heterocycles. The molecule has 2 aromatic rings. The summed E-state index contributed by atoms with van der Waals surface area (Å²) in [4.78, 5) is 2.05. The maximum absolute atomic E-state index is 14.2. The maximum atomic E-state index is 14.2. The first-order chi connectivity index (χ1) is 13.8. The van der Waals surface area contributed by atoms with E-state index in [1.54, 1.807) is 0 Å². The zero-order valence-corrected chi connectivity index (χ0v) is 19.2. The molecule has 4 nitrogen and oxygen atoms in total. The molecule has 158 valence electrons. The predicted octanol–water partition coefficient (Wildman–Crippen LogP) is 6.16. The highest BCUT2D eigenvalue weighted by molar-refractivity contribution is 7.68. The summed E-state index contributed by atoms with van der Waals surface area (Å²) in [5.74, 6) is 1.54. The van der Waals surface area contributed by atoms with Gasteiger partial charge in [0, 0.05) is 25.5 Å². The molecule has 4 atom stereocenters. The number of nitrogens with zero attached hydrogens (tertiary/aromatic N) is 1. The number of hydrogen-bond donors (Lipinski definition) is 1. The minimum Gasteiger partial charge on any atom is -0.378 e. The molecule has 0 saturated heterocycles. The average molecular weight is 415 g/mol. The lowest BCUT2D eigenvalue weighted by Crippen LogP contribution is -2.35. The van der Waals surface area contributed by atoms with E-state index < -0.39 is 7.52 Å². The van der Waals surface area contributed by atoms with Gasteiger partial charge in [-0.3, -0.25) is 4.57 Å². The van der Waals surface area contributed by atoms with Gasteiger partial charge >= 0.3 is 7.52 Å². The molecular formula is C24H35N2O2P. The summed E-state index contributed by atoms with van der Waals surface area (Å²) in [5, 5.41) is 3.99. The van der Waals surface area contributed by atoms with Crippen molar-refractivity contribution in [3.05, 3.63) is 54.6 Å². The Hall–Kier alpha value is -1.77. The van der Waals surface area contributed by atoms with Gasteiger partial charge in [0.25, 0.3) is 0 Å². The second-order valence-corrected chi connectivity index (χ2v) is 11.0. The minimum atomic E-state index is -3.27. The van der Waals surface area contributed by atoms with Crippen molar-refractivity contribution in [2.75, 3.05) is 24.1 Å². The highest BCUT2D eigenvalue weighted by Gasteiger charge is 2.38. The average Bonchev–Trinajstić information content (AvgIpc) is 2.69. The van der Waals surface area contributed by atoms with Gasteiger partial charge in [-0.15, -0.1) is 0 Å². The fraction of sp³-hybridized carbons (Fsp3) is 0.500. The van der Waals surface area contributed by atoms with E-state index >= 15 is 0 Å². The van der Waals surface area contributed by atoms with Crippen LogP contribution in [0.3, 0.4) is 0 Å². The van der Waals surface area contributed by atoms with Crippen LogP contribution in [0.4, 0.5) is 11.4 Å². The summed E-state index contributed by atoms with van der Waals surface area (Å²) >= 11 is 0. The van der Waals surface area contributed by atoms with Crippen LogP contribution in [0.2, 0.25) is 0 Å². The van der Waals surface area contributed by atoms with Crippen LogP contribution in [0, 0.1) is 17.8 Å². The zero-order valence-electron chi connectivity index (χ0n) is 18.3. The summed E-state index contributed by atoms with van der Waals surface area (Å²) in [6.07, 6.45) is 3.31. The fourth-order valence-corrected chi connectivity index (χ4v) is 6.19. The van der Waals surface area contributed by atoms with Crippen LogP contribution in [0.1, 0.15) is 40.0 Å². The second-order valence-electron chi connectivity index (χ2n) is 8.91. The SMILES string of the molecule is CC(C)[C@@H]1CC[C@@H](C)C[C@H]1O[P@](=O)(Nc1ccc(N(C)C)cc1)c1ccccc1. The molecule has 1 aliphatic carbocycles. The van der Waals surface area contributed by atoms with Crippen molar-refractivity contribution < 1.29 is 9.09 Å². The van der Waals surface area contributed by atoms with E-state index in [0.717, 1.165) is 29.5 Å². The Kier molecular flexibility index (Phi) is 7.08. The van der Waals surface area contributed by atoms with Crippen molar-refractivity contribution in [3.8, 4) is 0 Å². The van der Waals surface area contributed by atoms with Gasteiger partial charge in [-0.05, 0) is 67.0 Å². The van der Waals surface area contributed by atoms with E-state index in [0.29, 0.717) is 17.8 Å². The predicted molar refractivity (Wildman–Crippen MR) is 124 cm³/mol. The summed E-state index contributed by atoms with van der Waals surface area (Å²) in [5.41, 5.74) is 1.92. The largest absolute Gasteiger partial charge is 0.378 e. The van der Waals surface area contributed by atoms with Gasteiger partial charge in [0.15, 0.2) is 0 Å². The van der Waals surface area contributed by atoms with Crippen LogP contribution in [0.25, 0.3) is 0 Å². The van der Waals surface area contributed by atoms with Crippen molar-refractivity contribution >= 4 is 24.2 Å². The van der Waals surface area contributed by atoms with Crippen LogP contribution in [-0.4, -0.2) is 20.2 Å². The number of rotatable bonds is 7. The van der Waals surface area contributed by atoms with Crippen LogP contribution in [0.5, 0.6) is 0 Å². The molecule has 0 aliphatic heterocycles. The smallest absolute Gasteiger partial charge is 0.324 e. The lowest BCUT2D eigenvalue weighted by Gasteiger charge is -2.39. The normalized spacial score (nSPS) is 24.1. The van der Waals surface area contributed by atoms with Crippen LogP contribution < -0.4 is 15.3 Å². The van der Waals surface area contributed by atoms with Gasteiger partial charge in [0.05, 0.1) is 11.4 Å². The van der Waals surface area contributed by atoms with Gasteiger partial charge < -0.3 is 14.5 Å². The number of benzene rings is 2. The van der Waals surface area contributed by atoms with E-state index in [9.17, 15) is 4.57 Å². The molecule has 0 heterocycles. The standard InChI is InChI=1S/C24H35N2O2P/c1-18(2)23-16-11-19(3)17-24(23)28-29(27,22-9-7-6-8-10-22)25-20-12-14-21(15-13-20)26(4)5/h6-10,12-15,18-19,23-24H,11,16-17H2,1-5H3,(H,25,27)/t19-,23+,24-,29+/m1/s1.